The highest BCUT2D eigenvalue weighted by molar-refractivity contribution is 7.71. The van der Waals surface area contributed by atoms with E-state index < -0.39 is 13.0 Å². The third-order valence-corrected chi connectivity index (χ3v) is 3.01. The summed E-state index contributed by atoms with van der Waals surface area (Å²) in [4.78, 5) is 3.05. The van der Waals surface area contributed by atoms with Crippen molar-refractivity contribution in [1.82, 2.24) is 9.55 Å². The minimum atomic E-state index is -2.44. The summed E-state index contributed by atoms with van der Waals surface area (Å²) in [6.45, 7) is 0.0685. The zero-order chi connectivity index (χ0) is 13.8. The van der Waals surface area contributed by atoms with Crippen molar-refractivity contribution in [1.29, 1.82) is 0 Å². The van der Waals surface area contributed by atoms with Crippen LogP contribution >= 0.6 is 12.2 Å². The lowest BCUT2D eigenvalue weighted by molar-refractivity contribution is 0.0149. The van der Waals surface area contributed by atoms with Crippen molar-refractivity contribution < 1.29 is 18.3 Å². The highest BCUT2D eigenvalue weighted by Crippen LogP contribution is 2.20. The Bertz CT molecular complexity index is 609. The molecule has 0 unspecified atom stereocenters. The zero-order valence-electron chi connectivity index (χ0n) is 10.4. The molecule has 0 aliphatic carbocycles. The Morgan fingerprint density at radius 1 is 1.42 bits per heavy atom. The molecule has 0 aliphatic rings. The molecule has 2 aromatic rings. The Kier molecular flexibility index (Phi) is 4.49. The fraction of sp³-hybridized carbons (Fsp3) is 0.417. The lowest BCUT2D eigenvalue weighted by Gasteiger charge is -2.06. The highest BCUT2D eigenvalue weighted by Gasteiger charge is 2.06. The number of hydrogen-bond donors (Lipinski definition) is 1. The van der Waals surface area contributed by atoms with Gasteiger partial charge in [-0.3, -0.25) is 0 Å². The summed E-state index contributed by atoms with van der Waals surface area (Å²) in [5, 5.41) is 0. The summed E-state index contributed by atoms with van der Waals surface area (Å²) < 4.78 is 36.2. The van der Waals surface area contributed by atoms with E-state index in [0.29, 0.717) is 11.3 Å². The van der Waals surface area contributed by atoms with E-state index in [1.807, 2.05) is 22.8 Å². The first kappa shape index (κ1) is 14.0. The molecule has 0 saturated heterocycles. The maximum Gasteiger partial charge on any atom is 0.261 e. The summed E-state index contributed by atoms with van der Waals surface area (Å²) in [5.41, 5.74) is 1.74. The van der Waals surface area contributed by atoms with E-state index in [4.69, 9.17) is 21.7 Å². The number of aromatic nitrogens is 2. The molecule has 0 aliphatic heterocycles. The summed E-state index contributed by atoms with van der Waals surface area (Å²) in [5.74, 6) is 0.727. The van der Waals surface area contributed by atoms with Gasteiger partial charge in [-0.1, -0.05) is 0 Å². The molecule has 1 aromatic heterocycles. The van der Waals surface area contributed by atoms with Gasteiger partial charge in [0.15, 0.2) is 4.77 Å². The van der Waals surface area contributed by atoms with Crippen molar-refractivity contribution in [2.75, 3.05) is 20.3 Å². The lowest BCUT2D eigenvalue weighted by atomic mass is 10.3. The number of imidazole rings is 1. The molecule has 104 valence electrons. The number of halogens is 2. The van der Waals surface area contributed by atoms with Crippen molar-refractivity contribution >= 4 is 23.3 Å². The fourth-order valence-electron chi connectivity index (χ4n) is 1.82. The molecule has 1 heterocycles. The van der Waals surface area contributed by atoms with E-state index >= 15 is 0 Å². The Morgan fingerprint density at radius 3 is 2.89 bits per heavy atom. The van der Waals surface area contributed by atoms with Crippen LogP contribution in [0, 0.1) is 4.77 Å². The molecule has 19 heavy (non-hydrogen) atoms. The van der Waals surface area contributed by atoms with Crippen LogP contribution in [0.15, 0.2) is 18.2 Å². The van der Waals surface area contributed by atoms with Crippen molar-refractivity contribution in [3.05, 3.63) is 23.0 Å². The Morgan fingerprint density at radius 2 is 2.21 bits per heavy atom. The summed E-state index contributed by atoms with van der Waals surface area (Å²) in [6.07, 6.45) is -2.44. The van der Waals surface area contributed by atoms with E-state index in [2.05, 4.69) is 4.98 Å². The standard InChI is InChI=1S/C12H14F2N2O2S/c1-17-8-2-3-10-9(6-8)15-12(19)16(10)4-5-18-7-11(13)14/h2-3,6,11H,4-5,7H2,1H3,(H,15,19). The van der Waals surface area contributed by atoms with Gasteiger partial charge in [0.05, 0.1) is 24.8 Å². The molecule has 0 saturated carbocycles. The van der Waals surface area contributed by atoms with Crippen molar-refractivity contribution in [2.24, 2.45) is 0 Å². The van der Waals surface area contributed by atoms with Gasteiger partial charge < -0.3 is 19.0 Å². The second-order valence-corrected chi connectivity index (χ2v) is 4.32. The monoisotopic (exact) mass is 288 g/mol. The first-order valence-electron chi connectivity index (χ1n) is 5.74. The number of nitrogens with one attached hydrogen (secondary N) is 1. The number of methoxy groups -OCH3 is 1. The highest BCUT2D eigenvalue weighted by atomic mass is 32.1. The summed E-state index contributed by atoms with van der Waals surface area (Å²) in [7, 11) is 1.59. The molecule has 7 heteroatoms. The van der Waals surface area contributed by atoms with Gasteiger partial charge in [0.1, 0.15) is 12.4 Å². The van der Waals surface area contributed by atoms with Crippen molar-refractivity contribution in [3.63, 3.8) is 0 Å². The number of hydrogen-bond acceptors (Lipinski definition) is 3. The SMILES string of the molecule is COc1ccc2c(c1)[nH]c(=S)n2CCOCC(F)F. The normalized spacial score (nSPS) is 11.4. The maximum absolute atomic E-state index is 11.9. The predicted octanol–water partition coefficient (Wildman–Crippen LogP) is 2.99. The molecule has 2 rings (SSSR count). The number of ether oxygens (including phenoxy) is 2. The van der Waals surface area contributed by atoms with Crippen LogP contribution in [0.2, 0.25) is 0 Å². The quantitative estimate of drug-likeness (QED) is 0.656. The molecule has 0 spiro atoms. The van der Waals surface area contributed by atoms with Gasteiger partial charge in [-0.05, 0) is 24.4 Å². The van der Waals surface area contributed by atoms with E-state index in [1.54, 1.807) is 7.11 Å². The number of aromatic amines is 1. The molecule has 0 atom stereocenters. The van der Waals surface area contributed by atoms with Crippen LogP contribution in [-0.2, 0) is 11.3 Å². The Labute approximate surface area is 113 Å². The number of rotatable bonds is 6. The maximum atomic E-state index is 11.9. The second kappa shape index (κ2) is 6.12. The zero-order valence-corrected chi connectivity index (χ0v) is 11.2. The van der Waals surface area contributed by atoms with Crippen LogP contribution in [0.3, 0.4) is 0 Å². The third-order valence-electron chi connectivity index (χ3n) is 2.68. The van der Waals surface area contributed by atoms with E-state index in [-0.39, 0.29) is 6.61 Å². The van der Waals surface area contributed by atoms with Crippen LogP contribution in [0.25, 0.3) is 11.0 Å². The third kappa shape index (κ3) is 3.30. The predicted molar refractivity (Wildman–Crippen MR) is 70.5 cm³/mol. The first-order chi connectivity index (χ1) is 9.11. The average Bonchev–Trinajstić information content (AvgIpc) is 2.69. The van der Waals surface area contributed by atoms with Gasteiger partial charge >= 0.3 is 0 Å². The number of benzene rings is 1. The number of nitrogens with zero attached hydrogens (tertiary/aromatic N) is 1. The van der Waals surface area contributed by atoms with Crippen molar-refractivity contribution in [2.45, 2.75) is 13.0 Å². The largest absolute Gasteiger partial charge is 0.497 e. The molecule has 0 bridgehead atoms. The van der Waals surface area contributed by atoms with Crippen LogP contribution in [0.4, 0.5) is 8.78 Å². The van der Waals surface area contributed by atoms with Crippen LogP contribution in [0.5, 0.6) is 5.75 Å². The smallest absolute Gasteiger partial charge is 0.261 e. The lowest BCUT2D eigenvalue weighted by Crippen LogP contribution is -2.10. The van der Waals surface area contributed by atoms with Gasteiger partial charge in [-0.2, -0.15) is 0 Å². The molecular weight excluding hydrogens is 274 g/mol. The molecular formula is C12H14F2N2O2S. The molecule has 0 radical (unpaired) electrons. The minimum Gasteiger partial charge on any atom is -0.497 e. The van der Waals surface area contributed by atoms with E-state index in [9.17, 15) is 8.78 Å². The van der Waals surface area contributed by atoms with Gasteiger partial charge in [0, 0.05) is 12.6 Å². The average molecular weight is 288 g/mol. The molecule has 1 aromatic carbocycles. The van der Waals surface area contributed by atoms with Crippen LogP contribution < -0.4 is 4.74 Å². The minimum absolute atomic E-state index is 0.192. The number of H-pyrrole nitrogens is 1. The van der Waals surface area contributed by atoms with Crippen molar-refractivity contribution in [3.8, 4) is 5.75 Å². The van der Waals surface area contributed by atoms with Gasteiger partial charge in [0.2, 0.25) is 0 Å². The van der Waals surface area contributed by atoms with Gasteiger partial charge in [0.25, 0.3) is 6.43 Å². The van der Waals surface area contributed by atoms with Gasteiger partial charge in [-0.25, -0.2) is 8.78 Å². The fourth-order valence-corrected chi connectivity index (χ4v) is 2.12. The summed E-state index contributed by atoms with van der Waals surface area (Å²) in [6, 6.07) is 5.52. The molecule has 0 amide bonds. The Hall–Kier alpha value is -1.47. The van der Waals surface area contributed by atoms with Gasteiger partial charge in [-0.15, -0.1) is 0 Å². The second-order valence-electron chi connectivity index (χ2n) is 3.93. The summed E-state index contributed by atoms with van der Waals surface area (Å²) >= 11 is 5.20. The number of fused-ring (bicyclic) bond motifs is 1. The molecule has 0 fully saturated rings. The molecule has 1 N–H and O–H groups in total. The van der Waals surface area contributed by atoms with E-state index in [1.165, 1.54) is 0 Å². The topological polar surface area (TPSA) is 39.2 Å². The van der Waals surface area contributed by atoms with E-state index in [0.717, 1.165) is 16.8 Å². The van der Waals surface area contributed by atoms with Crippen LogP contribution in [-0.4, -0.2) is 36.3 Å². The van der Waals surface area contributed by atoms with Crippen LogP contribution in [0.1, 0.15) is 0 Å². The first-order valence-corrected chi connectivity index (χ1v) is 6.15. The molecule has 4 nitrogen and oxygen atoms in total. The Balaban J connectivity index is 2.14. The number of alkyl halides is 2.